The minimum Gasteiger partial charge on any atom is -0.344 e. The Bertz CT molecular complexity index is 1370. The lowest BCUT2D eigenvalue weighted by molar-refractivity contribution is -0.147. The van der Waals surface area contributed by atoms with E-state index in [1.165, 1.54) is 25.1 Å². The van der Waals surface area contributed by atoms with Crippen molar-refractivity contribution in [3.63, 3.8) is 0 Å². The Labute approximate surface area is 214 Å². The lowest BCUT2D eigenvalue weighted by Gasteiger charge is -2.28. The smallest absolute Gasteiger partial charge is 0.344 e. The minimum atomic E-state index is -4.67. The van der Waals surface area contributed by atoms with E-state index in [1.54, 1.807) is 30.3 Å². The van der Waals surface area contributed by atoms with E-state index in [-0.39, 0.29) is 16.8 Å². The monoisotopic (exact) mass is 531 g/mol. The number of carbonyl (C=O) groups is 3. The number of para-hydroxylation sites is 1. The first-order valence-electron chi connectivity index (χ1n) is 11.6. The molecule has 1 unspecified atom stereocenters. The van der Waals surface area contributed by atoms with Crippen LogP contribution in [0.2, 0.25) is 0 Å². The molecule has 0 fully saturated rings. The number of hydrogen-bond acceptors (Lipinski definition) is 3. The molecule has 0 saturated carbocycles. The molecule has 0 saturated heterocycles. The van der Waals surface area contributed by atoms with Gasteiger partial charge in [0.2, 0.25) is 5.91 Å². The molecule has 1 aliphatic rings. The first kappa shape index (κ1) is 26.8. The largest absolute Gasteiger partial charge is 0.390 e. The molecule has 4 rings (SSSR count). The first-order chi connectivity index (χ1) is 17.9. The molecule has 0 aromatic heterocycles. The van der Waals surface area contributed by atoms with E-state index >= 15 is 0 Å². The highest BCUT2D eigenvalue weighted by Crippen LogP contribution is 2.43. The van der Waals surface area contributed by atoms with Crippen LogP contribution in [0.4, 0.5) is 27.6 Å². The number of halogens is 5. The average Bonchev–Trinajstić information content (AvgIpc) is 2.92. The van der Waals surface area contributed by atoms with Crippen LogP contribution < -0.4 is 15.8 Å². The molecule has 38 heavy (non-hydrogen) atoms. The number of anilines is 1. The summed E-state index contributed by atoms with van der Waals surface area (Å²) in [6.45, 7) is 1.30. The predicted molar refractivity (Wildman–Crippen MR) is 129 cm³/mol. The zero-order valence-corrected chi connectivity index (χ0v) is 20.0. The quantitative estimate of drug-likeness (QED) is 0.449. The molecule has 0 spiro atoms. The molecular formula is C27H22F5N3O3. The molecule has 1 heterocycles. The second kappa shape index (κ2) is 10.6. The second-order valence-corrected chi connectivity index (χ2v) is 8.87. The van der Waals surface area contributed by atoms with Crippen molar-refractivity contribution in [2.75, 3.05) is 5.01 Å². The fourth-order valence-electron chi connectivity index (χ4n) is 4.36. The third-order valence-electron chi connectivity index (χ3n) is 6.01. The summed E-state index contributed by atoms with van der Waals surface area (Å²) >= 11 is 0. The summed E-state index contributed by atoms with van der Waals surface area (Å²) in [5.41, 5.74) is 3.58. The van der Waals surface area contributed by atoms with Crippen LogP contribution in [0.3, 0.4) is 0 Å². The van der Waals surface area contributed by atoms with Crippen molar-refractivity contribution in [2.24, 2.45) is 0 Å². The topological polar surface area (TPSA) is 78.5 Å². The minimum absolute atomic E-state index is 0.0389. The number of hydrazine groups is 1. The van der Waals surface area contributed by atoms with Gasteiger partial charge in [-0.15, -0.1) is 0 Å². The van der Waals surface area contributed by atoms with Crippen molar-refractivity contribution in [3.05, 3.63) is 89.5 Å². The molecular weight excluding hydrogens is 509 g/mol. The maximum atomic E-state index is 13.5. The van der Waals surface area contributed by atoms with Gasteiger partial charge in [0.25, 0.3) is 11.8 Å². The van der Waals surface area contributed by atoms with Crippen LogP contribution in [-0.4, -0.2) is 29.9 Å². The summed E-state index contributed by atoms with van der Waals surface area (Å²) in [7, 11) is 0. The van der Waals surface area contributed by atoms with Gasteiger partial charge in [0.1, 0.15) is 17.7 Å². The van der Waals surface area contributed by atoms with Crippen LogP contribution in [0.15, 0.2) is 66.7 Å². The van der Waals surface area contributed by atoms with Gasteiger partial charge in [-0.1, -0.05) is 42.5 Å². The van der Waals surface area contributed by atoms with Crippen LogP contribution in [0, 0.1) is 11.6 Å². The van der Waals surface area contributed by atoms with E-state index in [9.17, 15) is 36.3 Å². The van der Waals surface area contributed by atoms with Crippen LogP contribution in [0.25, 0.3) is 11.1 Å². The fourth-order valence-corrected chi connectivity index (χ4v) is 4.36. The highest BCUT2D eigenvalue weighted by atomic mass is 19.4. The highest BCUT2D eigenvalue weighted by Gasteiger charge is 2.42. The fraction of sp³-hybridized carbons (Fsp3) is 0.222. The van der Waals surface area contributed by atoms with Gasteiger partial charge in [-0.25, -0.2) is 13.8 Å². The number of fused-ring (bicyclic) bond motifs is 3. The highest BCUT2D eigenvalue weighted by molar-refractivity contribution is 6.07. The van der Waals surface area contributed by atoms with Gasteiger partial charge in [-0.2, -0.15) is 13.2 Å². The summed E-state index contributed by atoms with van der Waals surface area (Å²) in [4.78, 5) is 38.8. The van der Waals surface area contributed by atoms with Gasteiger partial charge in [0.05, 0.1) is 24.4 Å². The van der Waals surface area contributed by atoms with E-state index < -0.39 is 60.3 Å². The summed E-state index contributed by atoms with van der Waals surface area (Å²) in [6.07, 6.45) is -6.54. The molecule has 3 aromatic carbocycles. The Kier molecular flexibility index (Phi) is 7.47. The Hall–Kier alpha value is -4.28. The third-order valence-corrected chi connectivity index (χ3v) is 6.01. The molecule has 3 amide bonds. The number of amides is 3. The Morgan fingerprint density at radius 2 is 1.55 bits per heavy atom. The van der Waals surface area contributed by atoms with E-state index in [0.717, 1.165) is 17.1 Å². The maximum absolute atomic E-state index is 13.5. The molecule has 2 N–H and O–H groups in total. The normalized spacial score (nSPS) is 15.7. The first-order valence-corrected chi connectivity index (χ1v) is 11.6. The number of benzene rings is 3. The summed E-state index contributed by atoms with van der Waals surface area (Å²) in [5, 5.41) is 3.14. The summed E-state index contributed by atoms with van der Waals surface area (Å²) in [6, 6.07) is 13.9. The number of rotatable bonds is 6. The van der Waals surface area contributed by atoms with Gasteiger partial charge >= 0.3 is 6.18 Å². The van der Waals surface area contributed by atoms with Gasteiger partial charge < -0.3 is 5.32 Å². The molecule has 198 valence electrons. The molecule has 1 aliphatic heterocycles. The van der Waals surface area contributed by atoms with Crippen LogP contribution >= 0.6 is 0 Å². The maximum Gasteiger partial charge on any atom is 0.390 e. The zero-order chi connectivity index (χ0) is 27.6. The van der Waals surface area contributed by atoms with Gasteiger partial charge in [0.15, 0.2) is 0 Å². The summed E-state index contributed by atoms with van der Waals surface area (Å²) < 4.78 is 67.3. The average molecular weight is 531 g/mol. The van der Waals surface area contributed by atoms with Crippen molar-refractivity contribution in [3.8, 4) is 11.1 Å². The Balaban J connectivity index is 1.59. The van der Waals surface area contributed by atoms with Crippen molar-refractivity contribution in [1.82, 2.24) is 10.7 Å². The lowest BCUT2D eigenvalue weighted by atomic mass is 9.89. The van der Waals surface area contributed by atoms with Gasteiger partial charge in [0, 0.05) is 11.6 Å². The lowest BCUT2D eigenvalue weighted by Crippen LogP contribution is -2.54. The number of alkyl halides is 3. The van der Waals surface area contributed by atoms with Gasteiger partial charge in [-0.05, 0) is 41.8 Å². The van der Waals surface area contributed by atoms with E-state index in [4.69, 9.17) is 0 Å². The predicted octanol–water partition coefficient (Wildman–Crippen LogP) is 4.79. The van der Waals surface area contributed by atoms with Crippen LogP contribution in [-0.2, 0) is 20.8 Å². The Morgan fingerprint density at radius 3 is 2.21 bits per heavy atom. The van der Waals surface area contributed by atoms with E-state index in [0.29, 0.717) is 17.2 Å². The molecule has 3 aromatic rings. The molecule has 11 heteroatoms. The third kappa shape index (κ3) is 5.99. The van der Waals surface area contributed by atoms with Crippen LogP contribution in [0.1, 0.15) is 30.4 Å². The molecule has 6 nitrogen and oxygen atoms in total. The number of hydrogen-bond donors (Lipinski definition) is 2. The number of carbonyl (C=O) groups excluding carboxylic acids is 3. The summed E-state index contributed by atoms with van der Waals surface area (Å²) in [5.74, 6) is -5.99. The van der Waals surface area contributed by atoms with Crippen molar-refractivity contribution < 1.29 is 36.3 Å². The van der Waals surface area contributed by atoms with Crippen molar-refractivity contribution in [2.45, 2.75) is 37.9 Å². The van der Waals surface area contributed by atoms with Crippen molar-refractivity contribution in [1.29, 1.82) is 0 Å². The number of nitrogens with one attached hydrogen (secondary N) is 2. The van der Waals surface area contributed by atoms with Crippen LogP contribution in [0.5, 0.6) is 0 Å². The Morgan fingerprint density at radius 1 is 0.947 bits per heavy atom. The number of nitrogens with zero attached hydrogens (tertiary/aromatic N) is 1. The second-order valence-electron chi connectivity index (χ2n) is 8.87. The molecule has 0 radical (unpaired) electrons. The molecule has 2 atom stereocenters. The molecule has 0 aliphatic carbocycles. The SMILES string of the molecule is C[C@H](NC(=O)Cc1cc(F)cc(F)c1)C(=O)NN1C(=O)C(CC(F)(F)F)c2ccccc2-c2ccccc21. The van der Waals surface area contributed by atoms with Crippen molar-refractivity contribution >= 4 is 23.4 Å². The van der Waals surface area contributed by atoms with E-state index in [1.807, 2.05) is 0 Å². The standard InChI is InChI=1S/C27H22F5N3O3/c1-15(33-24(36)12-16-10-17(28)13-18(29)11-16)25(37)34-35-23-9-5-4-8-21(23)19-6-2-3-7-20(19)22(26(35)38)14-27(30,31)32/h2-11,13,15,22H,12,14H2,1H3,(H,33,36)(H,34,37)/t15-,22?/m0/s1. The molecule has 0 bridgehead atoms. The zero-order valence-electron chi connectivity index (χ0n) is 20.0. The van der Waals surface area contributed by atoms with E-state index in [2.05, 4.69) is 10.7 Å². The van der Waals surface area contributed by atoms with Gasteiger partial charge in [-0.3, -0.25) is 19.8 Å².